The highest BCUT2D eigenvalue weighted by atomic mass is 32.2. The third-order valence-corrected chi connectivity index (χ3v) is 5.24. The molecule has 0 radical (unpaired) electrons. The number of unbranched alkanes of at least 4 members (excludes halogenated alkanes) is 1. The number of carbonyl (C=O) groups is 2. The number of hydrogen-bond acceptors (Lipinski definition) is 5. The van der Waals surface area contributed by atoms with Gasteiger partial charge in [-0.15, -0.1) is 0 Å². The average Bonchev–Trinajstić information content (AvgIpc) is 3.03. The largest absolute Gasteiger partial charge is 0.462 e. The number of fused-ring (bicyclic) bond motifs is 1. The van der Waals surface area contributed by atoms with E-state index in [0.717, 1.165) is 29.0 Å². The van der Waals surface area contributed by atoms with Crippen LogP contribution < -0.4 is 5.32 Å². The molecule has 0 atom stereocenters. The Balaban J connectivity index is 1.53. The van der Waals surface area contributed by atoms with E-state index >= 15 is 0 Å². The molecule has 1 N–H and O–H groups in total. The van der Waals surface area contributed by atoms with Crippen molar-refractivity contribution in [2.75, 3.05) is 17.7 Å². The minimum absolute atomic E-state index is 0.129. The highest BCUT2D eigenvalue weighted by Crippen LogP contribution is 2.22. The maximum absolute atomic E-state index is 12.2. The highest BCUT2D eigenvalue weighted by molar-refractivity contribution is 7.99. The summed E-state index contributed by atoms with van der Waals surface area (Å²) < 4.78 is 7.15. The molecule has 7 heteroatoms. The predicted octanol–water partition coefficient (Wildman–Crippen LogP) is 4.26. The molecule has 0 aliphatic heterocycles. The summed E-state index contributed by atoms with van der Waals surface area (Å²) >= 11 is 1.39. The average molecular weight is 398 g/mol. The first kappa shape index (κ1) is 19.9. The third kappa shape index (κ3) is 4.92. The number of para-hydroxylation sites is 2. The zero-order valence-corrected chi connectivity index (χ0v) is 16.8. The number of amides is 1. The lowest BCUT2D eigenvalue weighted by Gasteiger charge is -2.07. The molecule has 0 saturated heterocycles. The molecule has 146 valence electrons. The van der Waals surface area contributed by atoms with Gasteiger partial charge in [0.25, 0.3) is 0 Å². The van der Waals surface area contributed by atoms with Crippen LogP contribution in [0.25, 0.3) is 11.0 Å². The van der Waals surface area contributed by atoms with Gasteiger partial charge in [0.2, 0.25) is 5.91 Å². The zero-order chi connectivity index (χ0) is 19.9. The number of nitrogens with zero attached hydrogens (tertiary/aromatic N) is 2. The van der Waals surface area contributed by atoms with E-state index in [4.69, 9.17) is 4.74 Å². The van der Waals surface area contributed by atoms with Crippen molar-refractivity contribution in [3.63, 3.8) is 0 Å². The number of hydrogen-bond donors (Lipinski definition) is 1. The molecule has 0 unspecified atom stereocenters. The van der Waals surface area contributed by atoms with Crippen molar-refractivity contribution >= 4 is 40.4 Å². The van der Waals surface area contributed by atoms with Crippen LogP contribution in [0.15, 0.2) is 53.7 Å². The summed E-state index contributed by atoms with van der Waals surface area (Å²) in [5.41, 5.74) is 3.06. The van der Waals surface area contributed by atoms with Crippen LogP contribution >= 0.6 is 11.8 Å². The summed E-state index contributed by atoms with van der Waals surface area (Å²) in [6.07, 6.45) is 1.83. The van der Waals surface area contributed by atoms with Crippen LogP contribution in [0, 0.1) is 0 Å². The molecule has 1 aromatic heterocycles. The lowest BCUT2D eigenvalue weighted by atomic mass is 10.2. The van der Waals surface area contributed by atoms with E-state index in [2.05, 4.69) is 10.3 Å². The van der Waals surface area contributed by atoms with Gasteiger partial charge in [-0.3, -0.25) is 4.79 Å². The van der Waals surface area contributed by atoms with Gasteiger partial charge < -0.3 is 14.6 Å². The molecule has 6 nitrogen and oxygen atoms in total. The first-order valence-corrected chi connectivity index (χ1v) is 10.2. The SMILES string of the molecule is CCCCOC(=O)c1ccc(NC(=O)CSc2nc3ccccc3n2C)cc1. The number of aryl methyl sites for hydroxylation is 1. The van der Waals surface area contributed by atoms with E-state index in [9.17, 15) is 9.59 Å². The molecular formula is C21H23N3O3S. The number of nitrogens with one attached hydrogen (secondary N) is 1. The summed E-state index contributed by atoms with van der Waals surface area (Å²) in [6, 6.07) is 14.6. The Hall–Kier alpha value is -2.80. The van der Waals surface area contributed by atoms with Gasteiger partial charge in [-0.2, -0.15) is 0 Å². The quantitative estimate of drug-likeness (QED) is 0.349. The Labute approximate surface area is 168 Å². The van der Waals surface area contributed by atoms with Gasteiger partial charge in [-0.1, -0.05) is 37.2 Å². The van der Waals surface area contributed by atoms with Crippen molar-refractivity contribution in [3.8, 4) is 0 Å². The highest BCUT2D eigenvalue weighted by Gasteiger charge is 2.11. The van der Waals surface area contributed by atoms with Gasteiger partial charge in [0.1, 0.15) is 0 Å². The fourth-order valence-electron chi connectivity index (χ4n) is 2.66. The Morgan fingerprint density at radius 3 is 2.61 bits per heavy atom. The van der Waals surface area contributed by atoms with Crippen molar-refractivity contribution in [3.05, 3.63) is 54.1 Å². The van der Waals surface area contributed by atoms with Gasteiger partial charge in [0, 0.05) is 12.7 Å². The summed E-state index contributed by atoms with van der Waals surface area (Å²) in [6.45, 7) is 2.47. The molecule has 0 spiro atoms. The Morgan fingerprint density at radius 2 is 1.89 bits per heavy atom. The van der Waals surface area contributed by atoms with E-state index in [1.165, 1.54) is 11.8 Å². The molecule has 0 aliphatic carbocycles. The van der Waals surface area contributed by atoms with Crippen LogP contribution in [0.4, 0.5) is 5.69 Å². The first-order valence-electron chi connectivity index (χ1n) is 9.19. The Bertz CT molecular complexity index is 967. The van der Waals surface area contributed by atoms with Crippen molar-refractivity contribution in [1.29, 1.82) is 0 Å². The van der Waals surface area contributed by atoms with E-state index in [0.29, 0.717) is 17.9 Å². The minimum atomic E-state index is -0.344. The summed E-state index contributed by atoms with van der Waals surface area (Å²) in [4.78, 5) is 28.7. The molecule has 1 amide bonds. The smallest absolute Gasteiger partial charge is 0.338 e. The molecule has 28 heavy (non-hydrogen) atoms. The maximum Gasteiger partial charge on any atom is 0.338 e. The monoisotopic (exact) mass is 397 g/mol. The van der Waals surface area contributed by atoms with E-state index < -0.39 is 0 Å². The van der Waals surface area contributed by atoms with Crippen LogP contribution in [0.5, 0.6) is 0 Å². The summed E-state index contributed by atoms with van der Waals surface area (Å²) in [5, 5.41) is 3.63. The molecule has 1 heterocycles. The number of thioether (sulfide) groups is 1. The standard InChI is InChI=1S/C21H23N3O3S/c1-3-4-13-27-20(26)15-9-11-16(12-10-15)22-19(25)14-28-21-23-17-7-5-6-8-18(17)24(21)2/h5-12H,3-4,13-14H2,1-2H3,(H,22,25). The number of benzene rings is 2. The van der Waals surface area contributed by atoms with Crippen molar-refractivity contribution in [2.45, 2.75) is 24.9 Å². The molecule has 2 aromatic carbocycles. The second-order valence-corrected chi connectivity index (χ2v) is 7.29. The minimum Gasteiger partial charge on any atom is -0.462 e. The summed E-state index contributed by atoms with van der Waals surface area (Å²) in [5.74, 6) is -0.225. The zero-order valence-electron chi connectivity index (χ0n) is 16.0. The van der Waals surface area contributed by atoms with Gasteiger partial charge in [0.05, 0.1) is 29.0 Å². The van der Waals surface area contributed by atoms with Gasteiger partial charge >= 0.3 is 5.97 Å². The summed E-state index contributed by atoms with van der Waals surface area (Å²) in [7, 11) is 1.94. The fourth-order valence-corrected chi connectivity index (χ4v) is 3.45. The molecule has 0 saturated carbocycles. The van der Waals surface area contributed by atoms with Crippen molar-refractivity contribution in [1.82, 2.24) is 9.55 Å². The first-order chi connectivity index (χ1) is 13.6. The van der Waals surface area contributed by atoms with E-state index in [1.54, 1.807) is 24.3 Å². The Morgan fingerprint density at radius 1 is 1.14 bits per heavy atom. The molecule has 0 aliphatic rings. The van der Waals surface area contributed by atoms with Gasteiger partial charge in [-0.25, -0.2) is 9.78 Å². The topological polar surface area (TPSA) is 73.2 Å². The number of aromatic nitrogens is 2. The second-order valence-electron chi connectivity index (χ2n) is 6.35. The van der Waals surface area contributed by atoms with Gasteiger partial charge in [0.15, 0.2) is 5.16 Å². The predicted molar refractivity (Wildman–Crippen MR) is 112 cm³/mol. The molecule has 3 rings (SSSR count). The van der Waals surface area contributed by atoms with Crippen LogP contribution in [-0.4, -0.2) is 33.8 Å². The number of imidazole rings is 1. The van der Waals surface area contributed by atoms with Gasteiger partial charge in [-0.05, 0) is 42.8 Å². The molecule has 0 bridgehead atoms. The van der Waals surface area contributed by atoms with E-state index in [1.807, 2.05) is 42.8 Å². The van der Waals surface area contributed by atoms with Crippen LogP contribution in [0.2, 0.25) is 0 Å². The number of ether oxygens (including phenoxy) is 1. The number of esters is 1. The van der Waals surface area contributed by atoms with E-state index in [-0.39, 0.29) is 17.6 Å². The number of rotatable bonds is 8. The molecular weight excluding hydrogens is 374 g/mol. The van der Waals surface area contributed by atoms with Crippen LogP contribution in [-0.2, 0) is 16.6 Å². The number of anilines is 1. The fraction of sp³-hybridized carbons (Fsp3) is 0.286. The molecule has 0 fully saturated rings. The van der Waals surface area contributed by atoms with Crippen molar-refractivity contribution < 1.29 is 14.3 Å². The maximum atomic E-state index is 12.2. The van der Waals surface area contributed by atoms with Crippen LogP contribution in [0.3, 0.4) is 0 Å². The van der Waals surface area contributed by atoms with Crippen molar-refractivity contribution in [2.24, 2.45) is 7.05 Å². The Kier molecular flexibility index (Phi) is 6.71. The number of carbonyl (C=O) groups excluding carboxylic acids is 2. The van der Waals surface area contributed by atoms with Crippen LogP contribution in [0.1, 0.15) is 30.1 Å². The lowest BCUT2D eigenvalue weighted by molar-refractivity contribution is -0.113. The normalized spacial score (nSPS) is 10.8. The third-order valence-electron chi connectivity index (χ3n) is 4.21. The molecule has 3 aromatic rings. The second kappa shape index (κ2) is 9.41. The lowest BCUT2D eigenvalue weighted by Crippen LogP contribution is -2.14.